The lowest BCUT2D eigenvalue weighted by Crippen LogP contribution is -2.12. The van der Waals surface area contributed by atoms with Crippen molar-refractivity contribution in [3.8, 4) is 11.9 Å². The molecule has 1 saturated heterocycles. The summed E-state index contributed by atoms with van der Waals surface area (Å²) in [4.78, 5) is 4.05. The van der Waals surface area contributed by atoms with Crippen molar-refractivity contribution in [3.05, 3.63) is 23.9 Å². The first kappa shape index (κ1) is 10.9. The SMILES string of the molecule is N#Cc1cccnc1OCCC1CCNC1. The van der Waals surface area contributed by atoms with E-state index in [4.69, 9.17) is 10.00 Å². The van der Waals surface area contributed by atoms with Gasteiger partial charge in [0.25, 0.3) is 0 Å². The van der Waals surface area contributed by atoms with Crippen molar-refractivity contribution in [1.82, 2.24) is 10.3 Å². The van der Waals surface area contributed by atoms with E-state index in [1.54, 1.807) is 18.3 Å². The van der Waals surface area contributed by atoms with Gasteiger partial charge in [-0.1, -0.05) is 0 Å². The van der Waals surface area contributed by atoms with Crippen LogP contribution in [0, 0.1) is 17.2 Å². The van der Waals surface area contributed by atoms with Crippen LogP contribution in [0.2, 0.25) is 0 Å². The highest BCUT2D eigenvalue weighted by atomic mass is 16.5. The summed E-state index contributed by atoms with van der Waals surface area (Å²) in [5, 5.41) is 12.2. The number of nitriles is 1. The molecule has 1 unspecified atom stereocenters. The molecule has 4 nitrogen and oxygen atoms in total. The third-order valence-corrected chi connectivity index (χ3v) is 2.82. The molecule has 4 heteroatoms. The number of rotatable bonds is 4. The summed E-state index contributed by atoms with van der Waals surface area (Å²) in [6.45, 7) is 2.83. The van der Waals surface area contributed by atoms with Crippen molar-refractivity contribution < 1.29 is 4.74 Å². The van der Waals surface area contributed by atoms with E-state index in [2.05, 4.69) is 16.4 Å². The van der Waals surface area contributed by atoms with Crippen LogP contribution >= 0.6 is 0 Å². The lowest BCUT2D eigenvalue weighted by molar-refractivity contribution is 0.273. The number of hydrogen-bond donors (Lipinski definition) is 1. The molecule has 16 heavy (non-hydrogen) atoms. The second-order valence-electron chi connectivity index (χ2n) is 3.96. The molecule has 1 aromatic rings. The maximum absolute atomic E-state index is 8.85. The van der Waals surface area contributed by atoms with E-state index in [-0.39, 0.29) is 0 Å². The third kappa shape index (κ3) is 2.71. The Morgan fingerprint density at radius 3 is 3.31 bits per heavy atom. The average molecular weight is 217 g/mol. The van der Waals surface area contributed by atoms with Gasteiger partial charge in [-0.15, -0.1) is 0 Å². The predicted octanol–water partition coefficient (Wildman–Crippen LogP) is 1.33. The molecule has 1 aromatic heterocycles. The fraction of sp³-hybridized carbons (Fsp3) is 0.500. The number of nitrogens with one attached hydrogen (secondary N) is 1. The Balaban J connectivity index is 1.82. The molecule has 0 saturated carbocycles. The van der Waals surface area contributed by atoms with Crippen LogP contribution in [0.4, 0.5) is 0 Å². The first-order valence-electron chi connectivity index (χ1n) is 5.59. The third-order valence-electron chi connectivity index (χ3n) is 2.82. The van der Waals surface area contributed by atoms with Gasteiger partial charge in [0, 0.05) is 6.20 Å². The van der Waals surface area contributed by atoms with Gasteiger partial charge in [-0.2, -0.15) is 5.26 Å². The fourth-order valence-corrected chi connectivity index (χ4v) is 1.87. The Morgan fingerprint density at radius 2 is 2.56 bits per heavy atom. The van der Waals surface area contributed by atoms with Crippen molar-refractivity contribution >= 4 is 0 Å². The standard InChI is InChI=1S/C12H15N3O/c13-8-11-2-1-5-15-12(11)16-7-4-10-3-6-14-9-10/h1-2,5,10,14H,3-4,6-7,9H2. The molecule has 1 fully saturated rings. The zero-order valence-corrected chi connectivity index (χ0v) is 9.15. The highest BCUT2D eigenvalue weighted by Gasteiger charge is 2.14. The van der Waals surface area contributed by atoms with E-state index in [1.165, 1.54) is 6.42 Å². The molecule has 1 aliphatic rings. The molecule has 84 valence electrons. The highest BCUT2D eigenvalue weighted by Crippen LogP contribution is 2.16. The zero-order valence-electron chi connectivity index (χ0n) is 9.15. The topological polar surface area (TPSA) is 57.9 Å². The maximum atomic E-state index is 8.85. The van der Waals surface area contributed by atoms with Crippen LogP contribution in [0.25, 0.3) is 0 Å². The van der Waals surface area contributed by atoms with Gasteiger partial charge in [-0.3, -0.25) is 0 Å². The first-order chi connectivity index (χ1) is 7.90. The summed E-state index contributed by atoms with van der Waals surface area (Å²) in [6, 6.07) is 5.54. The molecule has 0 spiro atoms. The van der Waals surface area contributed by atoms with Crippen molar-refractivity contribution in [2.75, 3.05) is 19.7 Å². The average Bonchev–Trinajstić information content (AvgIpc) is 2.83. The lowest BCUT2D eigenvalue weighted by Gasteiger charge is -2.09. The molecule has 1 atom stereocenters. The van der Waals surface area contributed by atoms with Crippen LogP contribution in [0.3, 0.4) is 0 Å². The number of nitrogens with zero attached hydrogens (tertiary/aromatic N) is 2. The molecule has 0 radical (unpaired) electrons. The maximum Gasteiger partial charge on any atom is 0.231 e. The van der Waals surface area contributed by atoms with Crippen molar-refractivity contribution in [2.24, 2.45) is 5.92 Å². The summed E-state index contributed by atoms with van der Waals surface area (Å²) in [5.74, 6) is 1.16. The zero-order chi connectivity index (χ0) is 11.2. The van der Waals surface area contributed by atoms with Crippen LogP contribution in [0.15, 0.2) is 18.3 Å². The van der Waals surface area contributed by atoms with E-state index in [0.717, 1.165) is 19.5 Å². The summed E-state index contributed by atoms with van der Waals surface area (Å²) < 4.78 is 5.53. The number of aromatic nitrogens is 1. The number of hydrogen-bond acceptors (Lipinski definition) is 4. The Kier molecular flexibility index (Phi) is 3.73. The van der Waals surface area contributed by atoms with Gasteiger partial charge in [-0.25, -0.2) is 4.98 Å². The Bertz CT molecular complexity index is 380. The van der Waals surface area contributed by atoms with E-state index in [1.807, 2.05) is 0 Å². The minimum Gasteiger partial charge on any atom is -0.477 e. The van der Waals surface area contributed by atoms with Gasteiger partial charge in [0.05, 0.1) is 6.61 Å². The minimum atomic E-state index is 0.455. The monoisotopic (exact) mass is 217 g/mol. The van der Waals surface area contributed by atoms with Crippen molar-refractivity contribution in [1.29, 1.82) is 5.26 Å². The van der Waals surface area contributed by atoms with E-state index in [9.17, 15) is 0 Å². The quantitative estimate of drug-likeness (QED) is 0.826. The van der Waals surface area contributed by atoms with Gasteiger partial charge in [-0.05, 0) is 44.0 Å². The predicted molar refractivity (Wildman–Crippen MR) is 60.0 cm³/mol. The second-order valence-corrected chi connectivity index (χ2v) is 3.96. The summed E-state index contributed by atoms with van der Waals surface area (Å²) in [6.07, 6.45) is 3.89. The summed E-state index contributed by atoms with van der Waals surface area (Å²) in [7, 11) is 0. The van der Waals surface area contributed by atoms with E-state index in [0.29, 0.717) is 24.0 Å². The first-order valence-corrected chi connectivity index (χ1v) is 5.59. The molecule has 2 rings (SSSR count). The Morgan fingerprint density at radius 1 is 1.62 bits per heavy atom. The number of pyridine rings is 1. The Hall–Kier alpha value is -1.60. The van der Waals surface area contributed by atoms with Crippen LogP contribution in [0.5, 0.6) is 5.88 Å². The molecular formula is C12H15N3O. The minimum absolute atomic E-state index is 0.455. The molecular weight excluding hydrogens is 202 g/mol. The van der Waals surface area contributed by atoms with E-state index >= 15 is 0 Å². The Labute approximate surface area is 95.3 Å². The van der Waals surface area contributed by atoms with Gasteiger partial charge >= 0.3 is 0 Å². The number of ether oxygens (including phenoxy) is 1. The van der Waals surface area contributed by atoms with Gasteiger partial charge in [0.15, 0.2) is 0 Å². The smallest absolute Gasteiger partial charge is 0.231 e. The normalized spacial score (nSPS) is 19.3. The largest absolute Gasteiger partial charge is 0.477 e. The summed E-state index contributed by atoms with van der Waals surface area (Å²) >= 11 is 0. The van der Waals surface area contributed by atoms with Gasteiger partial charge in [0.1, 0.15) is 11.6 Å². The van der Waals surface area contributed by atoms with Crippen molar-refractivity contribution in [3.63, 3.8) is 0 Å². The molecule has 1 aliphatic heterocycles. The van der Waals surface area contributed by atoms with Gasteiger partial charge < -0.3 is 10.1 Å². The second kappa shape index (κ2) is 5.47. The highest BCUT2D eigenvalue weighted by molar-refractivity contribution is 5.36. The summed E-state index contributed by atoms with van der Waals surface area (Å²) in [5.41, 5.74) is 0.507. The molecule has 0 bridgehead atoms. The van der Waals surface area contributed by atoms with Crippen LogP contribution in [0.1, 0.15) is 18.4 Å². The fourth-order valence-electron chi connectivity index (χ4n) is 1.87. The van der Waals surface area contributed by atoms with Crippen LogP contribution in [-0.2, 0) is 0 Å². The lowest BCUT2D eigenvalue weighted by atomic mass is 10.1. The van der Waals surface area contributed by atoms with Crippen molar-refractivity contribution in [2.45, 2.75) is 12.8 Å². The van der Waals surface area contributed by atoms with Crippen LogP contribution in [-0.4, -0.2) is 24.7 Å². The van der Waals surface area contributed by atoms with Gasteiger partial charge in [0.2, 0.25) is 5.88 Å². The molecule has 0 aliphatic carbocycles. The van der Waals surface area contributed by atoms with Crippen LogP contribution < -0.4 is 10.1 Å². The van der Waals surface area contributed by atoms with E-state index < -0.39 is 0 Å². The molecule has 0 aromatic carbocycles. The molecule has 2 heterocycles. The molecule has 0 amide bonds. The molecule has 1 N–H and O–H groups in total.